The quantitative estimate of drug-likeness (QED) is 0.374. The van der Waals surface area contributed by atoms with Crippen LogP contribution in [-0.4, -0.2) is 85.6 Å². The van der Waals surface area contributed by atoms with Gasteiger partial charge in [-0.05, 0) is 37.5 Å². The van der Waals surface area contributed by atoms with Crippen LogP contribution in [0.2, 0.25) is 0 Å². The van der Waals surface area contributed by atoms with Crippen molar-refractivity contribution < 1.29 is 33.9 Å². The zero-order valence-electron chi connectivity index (χ0n) is 18.6. The molecule has 4 rings (SSSR count). The molecule has 2 aliphatic heterocycles. The molecule has 0 unspecified atom stereocenters. The third-order valence-corrected chi connectivity index (χ3v) is 6.04. The number of fused-ring (bicyclic) bond motifs is 2. The van der Waals surface area contributed by atoms with E-state index >= 15 is 0 Å². The van der Waals surface area contributed by atoms with Gasteiger partial charge < -0.3 is 25.5 Å². The molecule has 4 amide bonds. The highest BCUT2D eigenvalue weighted by molar-refractivity contribution is 6.01. The van der Waals surface area contributed by atoms with Gasteiger partial charge in [-0.2, -0.15) is 0 Å². The van der Waals surface area contributed by atoms with Gasteiger partial charge in [0.05, 0.1) is 29.8 Å². The van der Waals surface area contributed by atoms with Crippen LogP contribution in [0.15, 0.2) is 24.5 Å². The number of carbonyl (C=O) groups excluding carboxylic acids is 5. The van der Waals surface area contributed by atoms with Gasteiger partial charge in [0.2, 0.25) is 11.8 Å². The van der Waals surface area contributed by atoms with Gasteiger partial charge in [-0.15, -0.1) is 0 Å². The van der Waals surface area contributed by atoms with Crippen molar-refractivity contribution in [3.63, 3.8) is 0 Å². The largest absolute Gasteiger partial charge is 0.481 e. The predicted octanol–water partition coefficient (Wildman–Crippen LogP) is -0.652. The molecule has 3 atom stereocenters. The molecular formula is C22H24N6O7. The molecule has 0 aliphatic carbocycles. The van der Waals surface area contributed by atoms with E-state index in [0.717, 1.165) is 5.01 Å². The number of aldehydes is 1. The highest BCUT2D eigenvalue weighted by atomic mass is 16.4. The number of hydrogen-bond donors (Lipinski definition) is 4. The number of hydrazine groups is 1. The van der Waals surface area contributed by atoms with Crippen LogP contribution in [0.4, 0.5) is 0 Å². The van der Waals surface area contributed by atoms with Gasteiger partial charge in [-0.3, -0.25) is 29.0 Å². The molecule has 0 bridgehead atoms. The summed E-state index contributed by atoms with van der Waals surface area (Å²) in [6.07, 6.45) is 1.86. The number of nitrogens with zero attached hydrogens (tertiary/aromatic N) is 3. The molecule has 1 aromatic carbocycles. The number of imidazole rings is 1. The van der Waals surface area contributed by atoms with Crippen LogP contribution >= 0.6 is 0 Å². The summed E-state index contributed by atoms with van der Waals surface area (Å²) in [6.45, 7) is 0.220. The van der Waals surface area contributed by atoms with Gasteiger partial charge in [0.1, 0.15) is 18.4 Å². The Hall–Kier alpha value is -4.29. The van der Waals surface area contributed by atoms with Gasteiger partial charge in [0.15, 0.2) is 0 Å². The van der Waals surface area contributed by atoms with E-state index in [4.69, 9.17) is 5.11 Å². The van der Waals surface area contributed by atoms with E-state index in [1.54, 1.807) is 18.2 Å². The minimum Gasteiger partial charge on any atom is -0.481 e. The van der Waals surface area contributed by atoms with Crippen LogP contribution < -0.4 is 10.6 Å². The number of hydrogen-bond acceptors (Lipinski definition) is 7. The standard InChI is InChI=1S/C22H24N6O7/c29-10-13(9-19(31)32)25-21(34)17-2-1-7-27-18(30)6-5-15(22(35)28(17)27)26-20(33)12-3-4-14-16(8-12)24-11-23-14/h3-4,8,10-11,13,15,17H,1-2,5-7,9H2,(H,23,24)(H,25,34)(H,26,33)(H,31,32)/t13-,15-,17-/m0/s1. The number of carbonyl (C=O) groups is 6. The Balaban J connectivity index is 1.54. The number of aromatic nitrogens is 2. The predicted molar refractivity (Wildman–Crippen MR) is 118 cm³/mol. The maximum Gasteiger partial charge on any atom is 0.305 e. The molecule has 13 heteroatoms. The smallest absolute Gasteiger partial charge is 0.305 e. The second kappa shape index (κ2) is 9.91. The first-order chi connectivity index (χ1) is 16.8. The minimum atomic E-state index is -1.28. The van der Waals surface area contributed by atoms with Gasteiger partial charge in [-0.25, -0.2) is 9.99 Å². The molecular weight excluding hydrogens is 460 g/mol. The SMILES string of the molecule is O=C[C@H](CC(=O)O)NC(=O)[C@@H]1CCCN2C(=O)CC[C@H](NC(=O)c3ccc4nc[nH]c4c3)C(=O)N12. The number of carboxylic acid groups (broad SMARTS) is 1. The highest BCUT2D eigenvalue weighted by Gasteiger charge is 2.45. The number of benzene rings is 1. The number of rotatable bonds is 7. The monoisotopic (exact) mass is 484 g/mol. The highest BCUT2D eigenvalue weighted by Crippen LogP contribution is 2.25. The topological polar surface area (TPSA) is 182 Å². The Bertz CT molecular complexity index is 1190. The first kappa shape index (κ1) is 23.9. The van der Waals surface area contributed by atoms with E-state index in [9.17, 15) is 28.8 Å². The van der Waals surface area contributed by atoms with E-state index in [-0.39, 0.29) is 37.3 Å². The zero-order chi connectivity index (χ0) is 25.1. The third kappa shape index (κ3) is 4.98. The number of carboxylic acids is 1. The Morgan fingerprint density at radius 1 is 1.26 bits per heavy atom. The molecule has 2 aromatic rings. The number of H-pyrrole nitrogens is 1. The Labute approximate surface area is 198 Å². The second-order valence-electron chi connectivity index (χ2n) is 8.41. The fourth-order valence-corrected chi connectivity index (χ4v) is 4.32. The first-order valence-corrected chi connectivity index (χ1v) is 11.1. The number of nitrogens with one attached hydrogen (secondary N) is 3. The van der Waals surface area contributed by atoms with Crippen molar-refractivity contribution in [3.05, 3.63) is 30.1 Å². The van der Waals surface area contributed by atoms with Gasteiger partial charge >= 0.3 is 5.97 Å². The maximum absolute atomic E-state index is 13.5. The lowest BCUT2D eigenvalue weighted by atomic mass is 10.0. The molecule has 0 saturated carbocycles. The summed E-state index contributed by atoms with van der Waals surface area (Å²) in [5.74, 6) is -3.55. The van der Waals surface area contributed by atoms with Crippen molar-refractivity contribution in [2.75, 3.05) is 6.54 Å². The fourth-order valence-electron chi connectivity index (χ4n) is 4.32. The summed E-state index contributed by atoms with van der Waals surface area (Å²) >= 11 is 0. The van der Waals surface area contributed by atoms with Gasteiger partial charge in [0, 0.05) is 18.5 Å². The molecule has 4 N–H and O–H groups in total. The van der Waals surface area contributed by atoms with Crippen LogP contribution in [-0.2, 0) is 24.0 Å². The lowest BCUT2D eigenvalue weighted by Crippen LogP contribution is -2.64. The molecule has 2 saturated heterocycles. The Morgan fingerprint density at radius 2 is 2.06 bits per heavy atom. The minimum absolute atomic E-state index is 0.0168. The number of aromatic amines is 1. The van der Waals surface area contributed by atoms with Crippen molar-refractivity contribution in [3.8, 4) is 0 Å². The Kier molecular flexibility index (Phi) is 6.75. The van der Waals surface area contributed by atoms with Crippen LogP contribution in [0.25, 0.3) is 11.0 Å². The second-order valence-corrected chi connectivity index (χ2v) is 8.41. The van der Waals surface area contributed by atoms with Gasteiger partial charge in [-0.1, -0.05) is 0 Å². The number of aliphatic carboxylic acids is 1. The maximum atomic E-state index is 13.5. The van der Waals surface area contributed by atoms with Crippen molar-refractivity contribution in [2.24, 2.45) is 0 Å². The Morgan fingerprint density at radius 3 is 2.80 bits per heavy atom. The van der Waals surface area contributed by atoms with Crippen LogP contribution in [0, 0.1) is 0 Å². The summed E-state index contributed by atoms with van der Waals surface area (Å²) in [5, 5.41) is 16.2. The van der Waals surface area contributed by atoms with E-state index in [1.807, 2.05) is 0 Å². The average molecular weight is 484 g/mol. The van der Waals surface area contributed by atoms with Crippen LogP contribution in [0.1, 0.15) is 42.5 Å². The van der Waals surface area contributed by atoms with Crippen molar-refractivity contribution in [1.29, 1.82) is 0 Å². The molecule has 2 fully saturated rings. The molecule has 0 spiro atoms. The van der Waals surface area contributed by atoms with Crippen molar-refractivity contribution >= 4 is 46.9 Å². The summed E-state index contributed by atoms with van der Waals surface area (Å²) in [4.78, 5) is 81.2. The molecule has 35 heavy (non-hydrogen) atoms. The lowest BCUT2D eigenvalue weighted by molar-refractivity contribution is -0.176. The van der Waals surface area contributed by atoms with E-state index in [1.165, 1.54) is 11.3 Å². The lowest BCUT2D eigenvalue weighted by Gasteiger charge is -2.43. The van der Waals surface area contributed by atoms with E-state index < -0.39 is 48.2 Å². The van der Waals surface area contributed by atoms with Crippen LogP contribution in [0.3, 0.4) is 0 Å². The van der Waals surface area contributed by atoms with E-state index in [2.05, 4.69) is 20.6 Å². The summed E-state index contributed by atoms with van der Waals surface area (Å²) < 4.78 is 0. The van der Waals surface area contributed by atoms with Crippen molar-refractivity contribution in [2.45, 2.75) is 50.2 Å². The van der Waals surface area contributed by atoms with Crippen LogP contribution in [0.5, 0.6) is 0 Å². The fraction of sp³-hybridized carbons (Fsp3) is 0.409. The molecule has 0 radical (unpaired) electrons. The summed E-state index contributed by atoms with van der Waals surface area (Å²) in [6, 6.07) is 1.35. The first-order valence-electron chi connectivity index (χ1n) is 11.1. The summed E-state index contributed by atoms with van der Waals surface area (Å²) in [5.41, 5.74) is 1.61. The number of amides is 4. The third-order valence-electron chi connectivity index (χ3n) is 6.04. The summed E-state index contributed by atoms with van der Waals surface area (Å²) in [7, 11) is 0. The van der Waals surface area contributed by atoms with Gasteiger partial charge in [0.25, 0.3) is 11.8 Å². The molecule has 13 nitrogen and oxygen atoms in total. The molecule has 1 aromatic heterocycles. The van der Waals surface area contributed by atoms with E-state index in [0.29, 0.717) is 23.7 Å². The normalized spacial score (nSPS) is 21.1. The van der Waals surface area contributed by atoms with Crippen molar-refractivity contribution in [1.82, 2.24) is 30.6 Å². The zero-order valence-corrected chi connectivity index (χ0v) is 18.6. The molecule has 2 aliphatic rings. The average Bonchev–Trinajstić information content (AvgIpc) is 3.28. The molecule has 3 heterocycles. The molecule has 184 valence electrons.